The fraction of sp³-hybridized carbons (Fsp3) is 0.556. The molecule has 1 aliphatic heterocycles. The highest BCUT2D eigenvalue weighted by Crippen LogP contribution is 2.48. The molecule has 1 saturated heterocycles. The number of anilines is 1. The van der Waals surface area contributed by atoms with Gasteiger partial charge < -0.3 is 14.9 Å². The number of nitrogens with zero attached hydrogens (tertiary/aromatic N) is 2. The Morgan fingerprint density at radius 1 is 1.50 bits per heavy atom. The Bertz CT molecular complexity index is 568. The second-order valence-corrected chi connectivity index (χ2v) is 4.10. The standard InChI is InChI=1S/C9H10F3N3O5/c10-8(3-16)5(18)9(11,12)6(20-8)15-2-1-4(17)13-7(15)14-19/h1-2,5-6,16,18-19H,3H2,(H,13,14,17)/t5-,6-,8-/m1/s1. The molecule has 20 heavy (non-hydrogen) atoms. The Morgan fingerprint density at radius 3 is 2.65 bits per heavy atom. The highest BCUT2D eigenvalue weighted by Gasteiger charge is 2.68. The molecule has 8 nitrogen and oxygen atoms in total. The van der Waals surface area contributed by atoms with Crippen molar-refractivity contribution in [3.63, 3.8) is 0 Å². The number of aliphatic hydroxyl groups excluding tert-OH is 2. The maximum atomic E-state index is 13.8. The van der Waals surface area contributed by atoms with Gasteiger partial charge in [-0.05, 0) is 0 Å². The van der Waals surface area contributed by atoms with Gasteiger partial charge in [0.1, 0.15) is 6.61 Å². The molecule has 3 atom stereocenters. The Hall–Kier alpha value is -1.69. The fourth-order valence-electron chi connectivity index (χ4n) is 1.80. The van der Waals surface area contributed by atoms with Crippen LogP contribution in [0.15, 0.2) is 17.1 Å². The first-order valence-electron chi connectivity index (χ1n) is 5.29. The summed E-state index contributed by atoms with van der Waals surface area (Å²) in [5, 5.41) is 26.7. The van der Waals surface area contributed by atoms with Crippen molar-refractivity contribution in [2.75, 3.05) is 12.1 Å². The van der Waals surface area contributed by atoms with Crippen molar-refractivity contribution in [3.8, 4) is 0 Å². The predicted octanol–water partition coefficient (Wildman–Crippen LogP) is -0.773. The molecule has 0 bridgehead atoms. The van der Waals surface area contributed by atoms with Crippen molar-refractivity contribution < 1.29 is 33.3 Å². The van der Waals surface area contributed by atoms with E-state index in [1.54, 1.807) is 0 Å². The van der Waals surface area contributed by atoms with E-state index in [1.807, 2.05) is 0 Å². The van der Waals surface area contributed by atoms with Gasteiger partial charge in [-0.15, -0.1) is 0 Å². The average molecular weight is 297 g/mol. The van der Waals surface area contributed by atoms with E-state index in [0.717, 1.165) is 12.3 Å². The Kier molecular flexibility index (Phi) is 3.46. The van der Waals surface area contributed by atoms with E-state index in [2.05, 4.69) is 9.72 Å². The minimum Gasteiger partial charge on any atom is -0.390 e. The number of alkyl halides is 3. The molecule has 0 spiro atoms. The molecule has 112 valence electrons. The molecule has 1 aromatic heterocycles. The Morgan fingerprint density at radius 2 is 2.15 bits per heavy atom. The first kappa shape index (κ1) is 14.7. The molecule has 4 N–H and O–H groups in total. The largest absolute Gasteiger partial charge is 0.390 e. The molecule has 0 unspecified atom stereocenters. The molecule has 2 rings (SSSR count). The molecule has 1 fully saturated rings. The molecule has 0 amide bonds. The molecule has 0 radical (unpaired) electrons. The van der Waals surface area contributed by atoms with Gasteiger partial charge in [-0.25, -0.2) is 9.87 Å². The van der Waals surface area contributed by atoms with Gasteiger partial charge in [-0.3, -0.25) is 14.6 Å². The van der Waals surface area contributed by atoms with E-state index in [-0.39, 0.29) is 0 Å². The molecule has 1 aliphatic rings. The third kappa shape index (κ3) is 2.04. The predicted molar refractivity (Wildman–Crippen MR) is 55.9 cm³/mol. The van der Waals surface area contributed by atoms with Gasteiger partial charge >= 0.3 is 5.92 Å². The lowest BCUT2D eigenvalue weighted by Crippen LogP contribution is -2.45. The highest BCUT2D eigenvalue weighted by atomic mass is 19.3. The van der Waals surface area contributed by atoms with E-state index in [0.29, 0.717) is 4.57 Å². The van der Waals surface area contributed by atoms with Crippen LogP contribution in [0.2, 0.25) is 0 Å². The van der Waals surface area contributed by atoms with Crippen LogP contribution in [0.3, 0.4) is 0 Å². The van der Waals surface area contributed by atoms with Crippen LogP contribution in [0.4, 0.5) is 19.1 Å². The van der Waals surface area contributed by atoms with Gasteiger partial charge in [0, 0.05) is 12.3 Å². The lowest BCUT2D eigenvalue weighted by molar-refractivity contribution is -0.206. The number of aromatic nitrogens is 2. The van der Waals surface area contributed by atoms with E-state index in [9.17, 15) is 23.1 Å². The van der Waals surface area contributed by atoms with Crippen LogP contribution in [-0.2, 0) is 4.74 Å². The lowest BCUT2D eigenvalue weighted by atomic mass is 10.1. The van der Waals surface area contributed by atoms with Gasteiger partial charge in [-0.2, -0.15) is 13.8 Å². The molecule has 0 aliphatic carbocycles. The van der Waals surface area contributed by atoms with E-state index < -0.39 is 42.2 Å². The number of ether oxygens (including phenoxy) is 1. The van der Waals surface area contributed by atoms with Crippen molar-refractivity contribution in [3.05, 3.63) is 22.6 Å². The van der Waals surface area contributed by atoms with E-state index in [1.165, 1.54) is 5.48 Å². The molecular weight excluding hydrogens is 287 g/mol. The topological polar surface area (TPSA) is 117 Å². The summed E-state index contributed by atoms with van der Waals surface area (Å²) in [6.07, 6.45) is -4.59. The van der Waals surface area contributed by atoms with E-state index in [4.69, 9.17) is 10.3 Å². The van der Waals surface area contributed by atoms with Gasteiger partial charge in [0.2, 0.25) is 12.2 Å². The summed E-state index contributed by atoms with van der Waals surface area (Å²) in [5.74, 6) is -8.26. The third-order valence-electron chi connectivity index (χ3n) is 2.82. The minimum atomic E-state index is -4.14. The number of hydrogen-bond acceptors (Lipinski definition) is 7. The second-order valence-electron chi connectivity index (χ2n) is 4.10. The number of halogens is 3. The third-order valence-corrected chi connectivity index (χ3v) is 2.82. The Labute approximate surface area is 109 Å². The summed E-state index contributed by atoms with van der Waals surface area (Å²) in [6.45, 7) is -1.50. The zero-order valence-corrected chi connectivity index (χ0v) is 9.70. The summed E-state index contributed by atoms with van der Waals surface area (Å²) >= 11 is 0. The van der Waals surface area contributed by atoms with Crippen molar-refractivity contribution in [1.82, 2.24) is 9.55 Å². The maximum absolute atomic E-state index is 13.8. The van der Waals surface area contributed by atoms with Crippen LogP contribution in [0.1, 0.15) is 6.23 Å². The summed E-state index contributed by atoms with van der Waals surface area (Å²) < 4.78 is 46.2. The summed E-state index contributed by atoms with van der Waals surface area (Å²) in [4.78, 5) is 14.1. The summed E-state index contributed by atoms with van der Waals surface area (Å²) in [7, 11) is 0. The molecule has 2 heterocycles. The van der Waals surface area contributed by atoms with Crippen LogP contribution in [0.25, 0.3) is 0 Å². The molecule has 0 saturated carbocycles. The van der Waals surface area contributed by atoms with Crippen LogP contribution in [-0.4, -0.2) is 49.5 Å². The van der Waals surface area contributed by atoms with Crippen molar-refractivity contribution in [2.24, 2.45) is 0 Å². The first-order chi connectivity index (χ1) is 9.26. The summed E-state index contributed by atoms with van der Waals surface area (Å²) in [6, 6.07) is 0.768. The molecule has 0 aromatic carbocycles. The molecule has 11 heteroatoms. The van der Waals surface area contributed by atoms with Crippen LogP contribution in [0.5, 0.6) is 0 Å². The number of nitrogens with one attached hydrogen (secondary N) is 1. The van der Waals surface area contributed by atoms with Gasteiger partial charge in [-0.1, -0.05) is 0 Å². The highest BCUT2D eigenvalue weighted by molar-refractivity contribution is 5.23. The minimum absolute atomic E-state index is 0.418. The smallest absolute Gasteiger partial charge is 0.323 e. The van der Waals surface area contributed by atoms with Crippen LogP contribution < -0.4 is 11.0 Å². The zero-order valence-electron chi connectivity index (χ0n) is 9.70. The van der Waals surface area contributed by atoms with Gasteiger partial charge in [0.25, 0.3) is 11.4 Å². The quantitative estimate of drug-likeness (QED) is 0.541. The summed E-state index contributed by atoms with van der Waals surface area (Å²) in [5.41, 5.74) is 0.530. The monoisotopic (exact) mass is 297 g/mol. The number of rotatable bonds is 3. The van der Waals surface area contributed by atoms with Crippen molar-refractivity contribution in [1.29, 1.82) is 0 Å². The lowest BCUT2D eigenvalue weighted by Gasteiger charge is -2.22. The Balaban J connectivity index is 2.51. The first-order valence-corrected chi connectivity index (χ1v) is 5.29. The SMILES string of the molecule is O=c1ccn([C@@H]2O[C@](F)(CO)[C@@H](O)C2(F)F)c(NO)n1. The van der Waals surface area contributed by atoms with E-state index >= 15 is 0 Å². The zero-order chi connectivity index (χ0) is 15.1. The van der Waals surface area contributed by atoms with Crippen LogP contribution >= 0.6 is 0 Å². The average Bonchev–Trinajstić information content (AvgIpc) is 2.60. The maximum Gasteiger partial charge on any atom is 0.323 e. The fourth-order valence-corrected chi connectivity index (χ4v) is 1.80. The molecule has 1 aromatic rings. The molecular formula is C9H10F3N3O5. The van der Waals surface area contributed by atoms with Crippen LogP contribution in [0, 0.1) is 0 Å². The van der Waals surface area contributed by atoms with Gasteiger partial charge in [0.15, 0.2) is 6.10 Å². The van der Waals surface area contributed by atoms with Crippen molar-refractivity contribution >= 4 is 5.95 Å². The normalized spacial score (nSPS) is 32.3. The number of aliphatic hydroxyl groups is 2. The van der Waals surface area contributed by atoms with Crippen molar-refractivity contribution in [2.45, 2.75) is 24.1 Å². The van der Waals surface area contributed by atoms with Gasteiger partial charge in [0.05, 0.1) is 0 Å². The second kappa shape index (κ2) is 4.70. The number of hydrogen-bond donors (Lipinski definition) is 4.